The largest absolute Gasteiger partial charge is 0.471 e. The van der Waals surface area contributed by atoms with Crippen LogP contribution in [0.2, 0.25) is 0 Å². The molecule has 1 aromatic heterocycles. The van der Waals surface area contributed by atoms with E-state index >= 15 is 0 Å². The summed E-state index contributed by atoms with van der Waals surface area (Å²) in [6.45, 7) is -0.890. The molecule has 1 aromatic rings. The number of hydrogen-bond donors (Lipinski definition) is 0. The molecule has 24 heavy (non-hydrogen) atoms. The normalized spacial score (nSPS) is 17.8. The van der Waals surface area contributed by atoms with Crippen molar-refractivity contribution in [3.63, 3.8) is 0 Å². The number of aromatic nitrogens is 2. The molecule has 8 nitrogen and oxygen atoms in total. The smallest absolute Gasteiger partial charge is 0.330 e. The van der Waals surface area contributed by atoms with Crippen molar-refractivity contribution in [1.82, 2.24) is 14.7 Å². The van der Waals surface area contributed by atoms with Crippen LogP contribution in [0, 0.1) is 10.1 Å². The summed E-state index contributed by atoms with van der Waals surface area (Å²) in [7, 11) is 0.895. The molecule has 0 aromatic carbocycles. The van der Waals surface area contributed by atoms with E-state index in [2.05, 4.69) is 5.10 Å². The van der Waals surface area contributed by atoms with E-state index in [1.165, 1.54) is 0 Å². The minimum absolute atomic E-state index is 0.0654. The lowest BCUT2D eigenvalue weighted by molar-refractivity contribution is -0.384. The molecule has 2 heterocycles. The van der Waals surface area contributed by atoms with Gasteiger partial charge in [-0.05, 0) is 0 Å². The molecule has 0 bridgehead atoms. The second-order valence-corrected chi connectivity index (χ2v) is 5.06. The van der Waals surface area contributed by atoms with Crippen molar-refractivity contribution < 1.29 is 31.7 Å². The molecule has 1 aliphatic rings. The van der Waals surface area contributed by atoms with Crippen molar-refractivity contribution in [3.8, 4) is 0 Å². The van der Waals surface area contributed by atoms with Gasteiger partial charge in [-0.15, -0.1) is 0 Å². The first kappa shape index (κ1) is 17.9. The van der Waals surface area contributed by atoms with Gasteiger partial charge in [-0.25, -0.2) is 13.5 Å². The lowest BCUT2D eigenvalue weighted by atomic mass is 10.1. The molecular weight excluding hydrogens is 345 g/mol. The lowest BCUT2D eigenvalue weighted by Gasteiger charge is -2.46. The fourth-order valence-electron chi connectivity index (χ4n) is 2.42. The van der Waals surface area contributed by atoms with Crippen LogP contribution in [0.15, 0.2) is 6.20 Å². The van der Waals surface area contributed by atoms with Gasteiger partial charge in [0.25, 0.3) is 6.43 Å². The Morgan fingerprint density at radius 1 is 1.54 bits per heavy atom. The van der Waals surface area contributed by atoms with Crippen LogP contribution in [-0.2, 0) is 11.3 Å². The van der Waals surface area contributed by atoms with Crippen LogP contribution >= 0.6 is 0 Å². The molecule has 0 N–H and O–H groups in total. The van der Waals surface area contributed by atoms with Crippen molar-refractivity contribution in [1.29, 1.82) is 0 Å². The molecule has 1 amide bonds. The van der Waals surface area contributed by atoms with E-state index in [-0.39, 0.29) is 18.8 Å². The van der Waals surface area contributed by atoms with Crippen LogP contribution in [0.1, 0.15) is 6.42 Å². The Morgan fingerprint density at radius 2 is 2.17 bits per heavy atom. The Balaban J connectivity index is 2.32. The third-order valence-corrected chi connectivity index (χ3v) is 3.57. The molecule has 1 atom stereocenters. The minimum atomic E-state index is -5.11. The summed E-state index contributed by atoms with van der Waals surface area (Å²) in [5.74, 6) is -2.47. The predicted octanol–water partition coefficient (Wildman–Crippen LogP) is 1.61. The summed E-state index contributed by atoms with van der Waals surface area (Å²) >= 11 is 0. The number of nitro groups is 1. The average Bonchev–Trinajstić information content (AvgIpc) is 2.78. The van der Waals surface area contributed by atoms with Crippen LogP contribution in [0.3, 0.4) is 0 Å². The van der Waals surface area contributed by atoms with Crippen LogP contribution in [-0.4, -0.2) is 57.9 Å². The third kappa shape index (κ3) is 3.23. The van der Waals surface area contributed by atoms with Gasteiger partial charge in [0.2, 0.25) is 5.82 Å². The lowest BCUT2D eigenvalue weighted by Crippen LogP contribution is -2.61. The van der Waals surface area contributed by atoms with Crippen molar-refractivity contribution >= 4 is 17.4 Å². The number of halogens is 5. The van der Waals surface area contributed by atoms with E-state index in [9.17, 15) is 36.9 Å². The van der Waals surface area contributed by atoms with Gasteiger partial charge < -0.3 is 9.80 Å². The predicted molar refractivity (Wildman–Crippen MR) is 69.5 cm³/mol. The zero-order valence-electron chi connectivity index (χ0n) is 12.2. The number of nitrogens with zero attached hydrogens (tertiary/aromatic N) is 5. The molecule has 2 rings (SSSR count). The Labute approximate surface area is 131 Å². The molecule has 0 saturated carbocycles. The average molecular weight is 357 g/mol. The third-order valence-electron chi connectivity index (χ3n) is 3.57. The molecule has 0 aliphatic carbocycles. The zero-order chi connectivity index (χ0) is 18.2. The van der Waals surface area contributed by atoms with E-state index in [0.29, 0.717) is 9.58 Å². The monoisotopic (exact) mass is 357 g/mol. The van der Waals surface area contributed by atoms with Gasteiger partial charge in [0.05, 0.1) is 4.92 Å². The summed E-state index contributed by atoms with van der Waals surface area (Å²) in [6, 6.07) is 0. The van der Waals surface area contributed by atoms with Gasteiger partial charge in [0.1, 0.15) is 18.9 Å². The van der Waals surface area contributed by atoms with Crippen LogP contribution in [0.4, 0.5) is 33.5 Å². The first-order chi connectivity index (χ1) is 11.0. The molecule has 0 radical (unpaired) electrons. The van der Waals surface area contributed by atoms with Gasteiger partial charge >= 0.3 is 17.8 Å². The van der Waals surface area contributed by atoms with Gasteiger partial charge in [0.15, 0.2) is 0 Å². The van der Waals surface area contributed by atoms with E-state index < -0.39 is 41.8 Å². The highest BCUT2D eigenvalue weighted by Gasteiger charge is 2.47. The van der Waals surface area contributed by atoms with Gasteiger partial charge in [0, 0.05) is 20.0 Å². The SMILES string of the molecule is CN(C(=O)C(F)(F)F)[C@@H]1CCN1c1c([N+](=O)[O-])cnn1CC(F)F. The molecule has 0 spiro atoms. The maximum absolute atomic E-state index is 12.6. The molecule has 134 valence electrons. The second kappa shape index (κ2) is 6.20. The summed E-state index contributed by atoms with van der Waals surface area (Å²) < 4.78 is 63.3. The number of anilines is 1. The van der Waals surface area contributed by atoms with Crippen molar-refractivity contribution in [2.45, 2.75) is 31.7 Å². The second-order valence-electron chi connectivity index (χ2n) is 5.06. The van der Waals surface area contributed by atoms with Crippen molar-refractivity contribution in [3.05, 3.63) is 16.3 Å². The Morgan fingerprint density at radius 3 is 2.58 bits per heavy atom. The minimum Gasteiger partial charge on any atom is -0.330 e. The number of hydrogen-bond acceptors (Lipinski definition) is 5. The quantitative estimate of drug-likeness (QED) is 0.454. The number of rotatable bonds is 5. The number of carbonyl (C=O) groups is 1. The van der Waals surface area contributed by atoms with Crippen molar-refractivity contribution in [2.75, 3.05) is 18.5 Å². The highest BCUT2D eigenvalue weighted by atomic mass is 19.4. The van der Waals surface area contributed by atoms with Gasteiger partial charge in [-0.1, -0.05) is 0 Å². The zero-order valence-corrected chi connectivity index (χ0v) is 12.2. The highest BCUT2D eigenvalue weighted by molar-refractivity contribution is 5.82. The van der Waals surface area contributed by atoms with E-state index in [1.54, 1.807) is 0 Å². The summed E-state index contributed by atoms with van der Waals surface area (Å²) in [6.07, 6.45) is -8.25. The van der Waals surface area contributed by atoms with Crippen molar-refractivity contribution in [2.24, 2.45) is 0 Å². The fraction of sp³-hybridized carbons (Fsp3) is 0.636. The summed E-state index contributed by atoms with van der Waals surface area (Å²) in [5.41, 5.74) is -0.617. The first-order valence-corrected chi connectivity index (χ1v) is 6.63. The van der Waals surface area contributed by atoms with E-state index in [0.717, 1.165) is 18.1 Å². The Hall–Kier alpha value is -2.47. The molecule has 1 saturated heterocycles. The summed E-state index contributed by atoms with van der Waals surface area (Å²) in [5, 5.41) is 14.5. The fourth-order valence-corrected chi connectivity index (χ4v) is 2.42. The summed E-state index contributed by atoms with van der Waals surface area (Å²) in [4.78, 5) is 22.9. The molecule has 0 unspecified atom stereocenters. The van der Waals surface area contributed by atoms with Crippen LogP contribution in [0.25, 0.3) is 0 Å². The van der Waals surface area contributed by atoms with E-state index in [1.807, 2.05) is 0 Å². The number of alkyl halides is 5. The number of amides is 1. The molecule has 1 aliphatic heterocycles. The Kier molecular flexibility index (Phi) is 4.62. The topological polar surface area (TPSA) is 84.5 Å². The standard InChI is InChI=1S/C11H12F5N5O3/c1-18(10(22)11(14,15)16)8-2-3-19(8)9-6(21(23)24)4-17-20(9)5-7(12)13/h4,7-8H,2-3,5H2,1H3/t8-/m0/s1. The van der Waals surface area contributed by atoms with Crippen LogP contribution in [0.5, 0.6) is 0 Å². The van der Waals surface area contributed by atoms with Gasteiger partial charge in [-0.2, -0.15) is 18.3 Å². The first-order valence-electron chi connectivity index (χ1n) is 6.63. The highest BCUT2D eigenvalue weighted by Crippen LogP contribution is 2.36. The maximum atomic E-state index is 12.6. The van der Waals surface area contributed by atoms with Gasteiger partial charge in [-0.3, -0.25) is 14.9 Å². The van der Waals surface area contributed by atoms with Crippen LogP contribution < -0.4 is 4.90 Å². The molecule has 13 heteroatoms. The Bertz CT molecular complexity index is 646. The number of carbonyl (C=O) groups excluding carboxylic acids is 1. The van der Waals surface area contributed by atoms with E-state index in [4.69, 9.17) is 0 Å². The molecular formula is C11H12F5N5O3. The maximum Gasteiger partial charge on any atom is 0.471 e. The molecule has 1 fully saturated rings.